The highest BCUT2D eigenvalue weighted by Gasteiger charge is 2.32. The van der Waals surface area contributed by atoms with Gasteiger partial charge in [0, 0.05) is 48.7 Å². The number of fused-ring (bicyclic) bond motifs is 1. The number of thiazole rings is 1. The van der Waals surface area contributed by atoms with E-state index in [1.165, 1.54) is 35.7 Å². The molecule has 0 aliphatic carbocycles. The van der Waals surface area contributed by atoms with Crippen molar-refractivity contribution in [3.8, 4) is 0 Å². The summed E-state index contributed by atoms with van der Waals surface area (Å²) < 4.78 is 5.37. The second-order valence-corrected chi connectivity index (χ2v) is 10.1. The summed E-state index contributed by atoms with van der Waals surface area (Å²) in [7, 11) is 1.32. The average molecular weight is 534 g/mol. The Labute approximate surface area is 212 Å². The minimum atomic E-state index is -0.483. The number of methoxy groups -OCH3 is 1. The molecule has 0 spiro atoms. The van der Waals surface area contributed by atoms with E-state index in [1.54, 1.807) is 23.8 Å². The molecular formula is C21H17Cl2N7O2S2. The third-order valence-electron chi connectivity index (χ3n) is 5.21. The van der Waals surface area contributed by atoms with Crippen LogP contribution in [0.2, 0.25) is 5.02 Å². The van der Waals surface area contributed by atoms with Crippen LogP contribution in [0.3, 0.4) is 0 Å². The van der Waals surface area contributed by atoms with Crippen LogP contribution in [0.5, 0.6) is 0 Å². The van der Waals surface area contributed by atoms with Crippen LogP contribution in [0.25, 0.3) is 17.1 Å². The zero-order valence-corrected chi connectivity index (χ0v) is 20.9. The van der Waals surface area contributed by atoms with Gasteiger partial charge in [0.2, 0.25) is 0 Å². The van der Waals surface area contributed by atoms with E-state index in [2.05, 4.69) is 29.8 Å². The Balaban J connectivity index is 1.44. The predicted octanol–water partition coefficient (Wildman–Crippen LogP) is 4.68. The zero-order chi connectivity index (χ0) is 23.7. The maximum Gasteiger partial charge on any atom is 0.357 e. The first kappa shape index (κ1) is 23.0. The number of esters is 1. The third kappa shape index (κ3) is 4.61. The van der Waals surface area contributed by atoms with Crippen molar-refractivity contribution in [2.24, 2.45) is 5.92 Å². The summed E-state index contributed by atoms with van der Waals surface area (Å²) in [5.41, 5.74) is 2.90. The van der Waals surface area contributed by atoms with Crippen molar-refractivity contribution in [1.29, 1.82) is 0 Å². The fourth-order valence-electron chi connectivity index (χ4n) is 3.64. The molecular weight excluding hydrogens is 517 g/mol. The molecule has 0 aromatic carbocycles. The summed E-state index contributed by atoms with van der Waals surface area (Å²) in [6.07, 6.45) is 5.98. The first-order valence-corrected chi connectivity index (χ1v) is 12.6. The van der Waals surface area contributed by atoms with Crippen molar-refractivity contribution in [1.82, 2.24) is 29.9 Å². The van der Waals surface area contributed by atoms with Crippen molar-refractivity contribution in [2.45, 2.75) is 15.9 Å². The minimum absolute atomic E-state index is 0.252. The van der Waals surface area contributed by atoms with Crippen LogP contribution in [-0.4, -0.2) is 56.1 Å². The number of anilines is 1. The molecule has 1 aliphatic heterocycles. The lowest BCUT2D eigenvalue weighted by atomic mass is 9.95. The van der Waals surface area contributed by atoms with Crippen molar-refractivity contribution >= 4 is 75.2 Å². The van der Waals surface area contributed by atoms with Crippen LogP contribution in [0.15, 0.2) is 38.9 Å². The monoisotopic (exact) mass is 533 g/mol. The highest BCUT2D eigenvalue weighted by molar-refractivity contribution is 8.00. The molecule has 13 heteroatoms. The van der Waals surface area contributed by atoms with E-state index >= 15 is 0 Å². The molecule has 4 aromatic rings. The summed E-state index contributed by atoms with van der Waals surface area (Å²) in [5.74, 6) is 1.49. The van der Waals surface area contributed by atoms with Gasteiger partial charge in [-0.15, -0.1) is 11.3 Å². The quantitative estimate of drug-likeness (QED) is 0.267. The molecule has 4 aromatic heterocycles. The molecule has 0 atom stereocenters. The number of hydrogen-bond donors (Lipinski definition) is 1. The molecule has 9 nitrogen and oxygen atoms in total. The van der Waals surface area contributed by atoms with E-state index in [4.69, 9.17) is 32.9 Å². The lowest BCUT2D eigenvalue weighted by Gasteiger charge is -2.40. The molecule has 1 saturated heterocycles. The SMILES string of the molecule is COC(=O)c1csc(Sc2nc(N3CC(Cc4ncccn4)C3)c3c(Cl)c(C=CCl)[nH]c3n2)n1. The normalized spacial score (nSPS) is 14.1. The lowest BCUT2D eigenvalue weighted by molar-refractivity contribution is 0.0594. The Morgan fingerprint density at radius 3 is 2.85 bits per heavy atom. The smallest absolute Gasteiger partial charge is 0.357 e. The third-order valence-corrected chi connectivity index (χ3v) is 7.53. The average Bonchev–Trinajstić information content (AvgIpc) is 3.40. The molecule has 0 radical (unpaired) electrons. The molecule has 34 heavy (non-hydrogen) atoms. The van der Waals surface area contributed by atoms with E-state index in [-0.39, 0.29) is 5.69 Å². The van der Waals surface area contributed by atoms with Crippen LogP contribution < -0.4 is 4.90 Å². The Bertz CT molecular complexity index is 1370. The second-order valence-electron chi connectivity index (χ2n) is 7.43. The van der Waals surface area contributed by atoms with Crippen molar-refractivity contribution in [2.75, 3.05) is 25.1 Å². The van der Waals surface area contributed by atoms with Crippen molar-refractivity contribution in [3.05, 3.63) is 51.6 Å². The highest BCUT2D eigenvalue weighted by atomic mass is 35.5. The van der Waals surface area contributed by atoms with Gasteiger partial charge in [0.05, 0.1) is 23.2 Å². The minimum Gasteiger partial charge on any atom is -0.464 e. The van der Waals surface area contributed by atoms with Gasteiger partial charge in [0.15, 0.2) is 15.2 Å². The summed E-state index contributed by atoms with van der Waals surface area (Å²) in [5, 5.41) is 3.38. The molecule has 1 N–H and O–H groups in total. The van der Waals surface area contributed by atoms with Gasteiger partial charge in [0.25, 0.3) is 0 Å². The largest absolute Gasteiger partial charge is 0.464 e. The van der Waals surface area contributed by atoms with Gasteiger partial charge < -0.3 is 14.6 Å². The topological polar surface area (TPSA) is 110 Å². The number of ether oxygens (including phenoxy) is 1. The number of carbonyl (C=O) groups excluding carboxylic acids is 1. The van der Waals surface area contributed by atoms with Crippen LogP contribution in [0.4, 0.5) is 5.82 Å². The van der Waals surface area contributed by atoms with Crippen LogP contribution in [0.1, 0.15) is 22.0 Å². The summed E-state index contributed by atoms with van der Waals surface area (Å²) >= 11 is 15.0. The molecule has 5 heterocycles. The molecule has 174 valence electrons. The zero-order valence-electron chi connectivity index (χ0n) is 17.7. The van der Waals surface area contributed by atoms with E-state index in [0.29, 0.717) is 31.8 Å². The van der Waals surface area contributed by atoms with Gasteiger partial charge in [-0.05, 0) is 23.9 Å². The second kappa shape index (κ2) is 9.87. The lowest BCUT2D eigenvalue weighted by Crippen LogP contribution is -2.48. The molecule has 0 unspecified atom stereocenters. The van der Waals surface area contributed by atoms with Gasteiger partial charge >= 0.3 is 5.97 Å². The number of aromatic nitrogens is 6. The van der Waals surface area contributed by atoms with Crippen molar-refractivity contribution in [3.63, 3.8) is 0 Å². The van der Waals surface area contributed by atoms with Gasteiger partial charge in [-0.3, -0.25) is 0 Å². The number of aromatic amines is 1. The van der Waals surface area contributed by atoms with Crippen LogP contribution in [0, 0.1) is 5.92 Å². The Morgan fingerprint density at radius 1 is 1.32 bits per heavy atom. The van der Waals surface area contributed by atoms with E-state index in [0.717, 1.165) is 36.5 Å². The van der Waals surface area contributed by atoms with Gasteiger partial charge in [-0.25, -0.2) is 29.7 Å². The number of halogens is 2. The van der Waals surface area contributed by atoms with Gasteiger partial charge in [-0.1, -0.05) is 23.2 Å². The highest BCUT2D eigenvalue weighted by Crippen LogP contribution is 2.39. The number of H-pyrrole nitrogens is 1. The number of nitrogens with one attached hydrogen (secondary N) is 1. The number of carbonyl (C=O) groups is 1. The van der Waals surface area contributed by atoms with E-state index in [1.807, 2.05) is 6.07 Å². The fraction of sp³-hybridized carbons (Fsp3) is 0.238. The van der Waals surface area contributed by atoms with E-state index in [9.17, 15) is 4.79 Å². The fourth-order valence-corrected chi connectivity index (χ4v) is 5.69. The van der Waals surface area contributed by atoms with E-state index < -0.39 is 5.97 Å². The molecule has 0 saturated carbocycles. The Morgan fingerprint density at radius 2 is 2.12 bits per heavy atom. The Hall–Kier alpha value is -2.73. The van der Waals surface area contributed by atoms with Crippen molar-refractivity contribution < 1.29 is 9.53 Å². The molecule has 5 rings (SSSR count). The molecule has 1 aliphatic rings. The first-order valence-electron chi connectivity index (χ1n) is 10.1. The molecule has 0 amide bonds. The summed E-state index contributed by atoms with van der Waals surface area (Å²) in [6, 6.07) is 1.81. The number of hydrogen-bond acceptors (Lipinski definition) is 10. The van der Waals surface area contributed by atoms with Crippen LogP contribution >= 0.6 is 46.3 Å². The van der Waals surface area contributed by atoms with Gasteiger partial charge in [-0.2, -0.15) is 0 Å². The number of rotatable bonds is 7. The summed E-state index contributed by atoms with van der Waals surface area (Å²) in [4.78, 5) is 39.5. The first-order chi connectivity index (χ1) is 16.6. The predicted molar refractivity (Wildman–Crippen MR) is 133 cm³/mol. The molecule has 0 bridgehead atoms. The Kier molecular flexibility index (Phi) is 6.68. The van der Waals surface area contributed by atoms with Crippen LogP contribution in [-0.2, 0) is 11.2 Å². The van der Waals surface area contributed by atoms with Gasteiger partial charge in [0.1, 0.15) is 17.3 Å². The standard InChI is InChI=1S/C21H17Cl2N7O2S2/c1-32-19(31)13-10-33-21(27-13)34-20-28-17-15(16(23)12(26-17)3-4-22)18(29-20)30-8-11(9-30)7-14-24-5-2-6-25-14/h2-6,10-11H,7-9H2,1H3,(H,26,28,29). The maximum absolute atomic E-state index is 11.7. The molecule has 1 fully saturated rings. The maximum atomic E-state index is 11.7. The summed E-state index contributed by atoms with van der Waals surface area (Å²) in [6.45, 7) is 1.58. The number of nitrogens with zero attached hydrogens (tertiary/aromatic N) is 6.